The summed E-state index contributed by atoms with van der Waals surface area (Å²) < 4.78 is 27.3. The van der Waals surface area contributed by atoms with E-state index in [1.54, 1.807) is 26.0 Å². The van der Waals surface area contributed by atoms with E-state index in [1.165, 1.54) is 26.2 Å². The summed E-state index contributed by atoms with van der Waals surface area (Å²) in [6, 6.07) is 6.07. The molecule has 0 saturated carbocycles. The van der Waals surface area contributed by atoms with E-state index in [0.29, 0.717) is 5.39 Å². The monoisotopic (exact) mass is 436 g/mol. The summed E-state index contributed by atoms with van der Waals surface area (Å²) in [5.41, 5.74) is 3.60. The van der Waals surface area contributed by atoms with Crippen molar-refractivity contribution in [3.63, 3.8) is 0 Å². The van der Waals surface area contributed by atoms with Crippen LogP contribution in [0.3, 0.4) is 0 Å². The first-order valence-corrected chi connectivity index (χ1v) is 9.38. The van der Waals surface area contributed by atoms with Crippen LogP contribution in [0.2, 0.25) is 0 Å². The highest BCUT2D eigenvalue weighted by molar-refractivity contribution is 5.91. The second kappa shape index (κ2) is 8.53. The minimum absolute atomic E-state index is 0.00897. The van der Waals surface area contributed by atoms with Gasteiger partial charge in [0, 0.05) is 25.5 Å². The quantitative estimate of drug-likeness (QED) is 0.583. The van der Waals surface area contributed by atoms with Gasteiger partial charge in [0.05, 0.1) is 5.60 Å². The SMILES string of the molecule is COC1[C@@H](O)[C@@H](OC(N)=O)[C@H](Oc2ccc3cc(NC(C)=O)c(=O)oc3c2)OC1(C)C. The Labute approximate surface area is 177 Å². The number of carbonyl (C=O) groups is 2. The van der Waals surface area contributed by atoms with Gasteiger partial charge in [-0.1, -0.05) is 0 Å². The molecule has 0 radical (unpaired) electrons. The van der Waals surface area contributed by atoms with Crippen molar-refractivity contribution in [2.24, 2.45) is 5.73 Å². The molecule has 2 aromatic rings. The Bertz CT molecular complexity index is 1050. The Morgan fingerprint density at radius 3 is 2.58 bits per heavy atom. The number of primary amides is 1. The van der Waals surface area contributed by atoms with Gasteiger partial charge in [-0.25, -0.2) is 9.59 Å². The Morgan fingerprint density at radius 1 is 1.26 bits per heavy atom. The van der Waals surface area contributed by atoms with Gasteiger partial charge in [-0.05, 0) is 32.0 Å². The Kier molecular flexibility index (Phi) is 6.20. The Morgan fingerprint density at radius 2 is 1.97 bits per heavy atom. The third kappa shape index (κ3) is 4.79. The van der Waals surface area contributed by atoms with Gasteiger partial charge in [-0.2, -0.15) is 0 Å². The smallest absolute Gasteiger partial charge is 0.405 e. The van der Waals surface area contributed by atoms with Crippen LogP contribution in [0.1, 0.15) is 20.8 Å². The Balaban J connectivity index is 1.92. The third-order valence-corrected chi connectivity index (χ3v) is 4.80. The van der Waals surface area contributed by atoms with Gasteiger partial charge in [-0.15, -0.1) is 0 Å². The molecule has 11 heteroatoms. The van der Waals surface area contributed by atoms with E-state index < -0.39 is 47.8 Å². The van der Waals surface area contributed by atoms with Crippen LogP contribution in [0.5, 0.6) is 5.75 Å². The minimum atomic E-state index is -1.29. The van der Waals surface area contributed by atoms with E-state index in [9.17, 15) is 19.5 Å². The molecule has 31 heavy (non-hydrogen) atoms. The average Bonchev–Trinajstić information content (AvgIpc) is 2.65. The lowest BCUT2D eigenvalue weighted by Gasteiger charge is -2.47. The maximum absolute atomic E-state index is 12.1. The van der Waals surface area contributed by atoms with E-state index in [2.05, 4.69) is 5.32 Å². The molecule has 1 aromatic carbocycles. The van der Waals surface area contributed by atoms with Gasteiger partial charge in [0.2, 0.25) is 12.2 Å². The summed E-state index contributed by atoms with van der Waals surface area (Å²) in [7, 11) is 1.39. The van der Waals surface area contributed by atoms with Crippen LogP contribution in [0.25, 0.3) is 11.0 Å². The van der Waals surface area contributed by atoms with Crippen LogP contribution in [0, 0.1) is 0 Å². The Hall–Kier alpha value is -3.15. The zero-order valence-electron chi connectivity index (χ0n) is 17.4. The number of benzene rings is 1. The third-order valence-electron chi connectivity index (χ3n) is 4.80. The molecule has 11 nitrogen and oxygen atoms in total. The van der Waals surface area contributed by atoms with Crippen LogP contribution >= 0.6 is 0 Å². The van der Waals surface area contributed by atoms with Crippen molar-refractivity contribution >= 4 is 28.7 Å². The molecule has 1 fully saturated rings. The average molecular weight is 436 g/mol. The first kappa shape index (κ1) is 22.5. The van der Waals surface area contributed by atoms with E-state index in [-0.39, 0.29) is 17.0 Å². The van der Waals surface area contributed by atoms with Crippen LogP contribution in [0.4, 0.5) is 10.5 Å². The summed E-state index contributed by atoms with van der Waals surface area (Å²) in [4.78, 5) is 34.6. The largest absolute Gasteiger partial charge is 0.461 e. The molecule has 4 N–H and O–H groups in total. The van der Waals surface area contributed by atoms with E-state index >= 15 is 0 Å². The summed E-state index contributed by atoms with van der Waals surface area (Å²) in [6.07, 6.45) is -5.73. The molecule has 0 aliphatic carbocycles. The molecule has 1 unspecified atom stereocenters. The molecular weight excluding hydrogens is 412 g/mol. The van der Waals surface area contributed by atoms with Crippen molar-refractivity contribution in [1.82, 2.24) is 0 Å². The van der Waals surface area contributed by atoms with Crippen molar-refractivity contribution in [3.05, 3.63) is 34.7 Å². The first-order chi connectivity index (χ1) is 14.5. The van der Waals surface area contributed by atoms with Crippen molar-refractivity contribution in [2.45, 2.75) is 51.0 Å². The standard InChI is InChI=1S/C20H24N2O9/c1-9(23)22-12-7-10-5-6-11(8-13(10)29-17(12)25)28-18-15(30-19(21)26)14(24)16(27-4)20(2,3)31-18/h5-8,14-16,18,24H,1-4H3,(H2,21,26)(H,22,23)/t14-,15+,16?,18+/m0/s1. The highest BCUT2D eigenvalue weighted by Gasteiger charge is 2.52. The molecule has 2 amide bonds. The highest BCUT2D eigenvalue weighted by Crippen LogP contribution is 2.34. The van der Waals surface area contributed by atoms with Crippen LogP contribution in [-0.4, -0.2) is 54.4 Å². The van der Waals surface area contributed by atoms with E-state index in [4.69, 9.17) is 29.1 Å². The predicted octanol–water partition coefficient (Wildman–Crippen LogP) is 1.10. The number of hydrogen-bond acceptors (Lipinski definition) is 9. The van der Waals surface area contributed by atoms with Gasteiger partial charge < -0.3 is 39.5 Å². The second-order valence-electron chi connectivity index (χ2n) is 7.58. The molecule has 1 saturated heterocycles. The number of rotatable bonds is 5. The lowest BCUT2D eigenvalue weighted by atomic mass is 9.89. The number of fused-ring (bicyclic) bond motifs is 1. The maximum Gasteiger partial charge on any atom is 0.405 e. The minimum Gasteiger partial charge on any atom is -0.461 e. The molecule has 0 bridgehead atoms. The topological polar surface area (TPSA) is 160 Å². The number of aliphatic hydroxyl groups is 1. The number of anilines is 1. The fourth-order valence-electron chi connectivity index (χ4n) is 3.53. The number of carbonyl (C=O) groups excluding carboxylic acids is 2. The van der Waals surface area contributed by atoms with Crippen LogP contribution in [-0.2, 0) is 19.0 Å². The number of ether oxygens (including phenoxy) is 4. The van der Waals surface area contributed by atoms with Crippen molar-refractivity contribution in [1.29, 1.82) is 0 Å². The number of amides is 2. The van der Waals surface area contributed by atoms with E-state index in [1.807, 2.05) is 0 Å². The molecule has 1 aliphatic rings. The lowest BCUT2D eigenvalue weighted by Crippen LogP contribution is -2.65. The fraction of sp³-hybridized carbons (Fsp3) is 0.450. The molecule has 168 valence electrons. The van der Waals surface area contributed by atoms with Gasteiger partial charge in [0.15, 0.2) is 6.10 Å². The van der Waals surface area contributed by atoms with Crippen molar-refractivity contribution < 1.29 is 38.1 Å². The summed E-state index contributed by atoms with van der Waals surface area (Å²) in [6.45, 7) is 4.65. The molecule has 1 aliphatic heterocycles. The van der Waals surface area contributed by atoms with E-state index in [0.717, 1.165) is 0 Å². The summed E-state index contributed by atoms with van der Waals surface area (Å²) >= 11 is 0. The highest BCUT2D eigenvalue weighted by atomic mass is 16.7. The molecule has 2 heterocycles. The zero-order valence-corrected chi connectivity index (χ0v) is 17.4. The van der Waals surface area contributed by atoms with Gasteiger partial charge in [-0.3, -0.25) is 4.79 Å². The number of aliphatic hydroxyl groups excluding tert-OH is 1. The number of methoxy groups -OCH3 is 1. The van der Waals surface area contributed by atoms with Gasteiger partial charge in [0.25, 0.3) is 0 Å². The number of nitrogens with one attached hydrogen (secondary N) is 1. The lowest BCUT2D eigenvalue weighted by molar-refractivity contribution is -0.304. The van der Waals surface area contributed by atoms with Crippen molar-refractivity contribution in [2.75, 3.05) is 12.4 Å². The summed E-state index contributed by atoms with van der Waals surface area (Å²) in [5, 5.41) is 13.6. The summed E-state index contributed by atoms with van der Waals surface area (Å²) in [5.74, 6) is -0.193. The molecule has 3 rings (SSSR count). The van der Waals surface area contributed by atoms with Crippen LogP contribution < -0.4 is 21.4 Å². The second-order valence-corrected chi connectivity index (χ2v) is 7.58. The zero-order chi connectivity index (χ0) is 22.9. The molecule has 4 atom stereocenters. The molecule has 0 spiro atoms. The normalized spacial score (nSPS) is 25.1. The first-order valence-electron chi connectivity index (χ1n) is 9.38. The number of hydrogen-bond donors (Lipinski definition) is 3. The predicted molar refractivity (Wildman–Crippen MR) is 108 cm³/mol. The van der Waals surface area contributed by atoms with Crippen molar-refractivity contribution in [3.8, 4) is 5.75 Å². The van der Waals surface area contributed by atoms with Gasteiger partial charge in [0.1, 0.15) is 29.2 Å². The molecule has 1 aromatic heterocycles. The van der Waals surface area contributed by atoms with Gasteiger partial charge >= 0.3 is 11.7 Å². The fourth-order valence-corrected chi connectivity index (χ4v) is 3.53. The number of nitrogens with two attached hydrogens (primary N) is 1. The molecular formula is C20H24N2O9. The van der Waals surface area contributed by atoms with Crippen LogP contribution in [0.15, 0.2) is 33.5 Å². The maximum atomic E-state index is 12.1.